The molecule has 0 radical (unpaired) electrons. The maximum absolute atomic E-state index is 12.4. The summed E-state index contributed by atoms with van der Waals surface area (Å²) in [7, 11) is 1.57. The van der Waals surface area contributed by atoms with Crippen LogP contribution in [0.15, 0.2) is 52.6 Å². The zero-order valence-corrected chi connectivity index (χ0v) is 20.4. The minimum absolute atomic E-state index is 0.0737. The number of carbonyl (C=O) groups excluding carboxylic acids is 1. The standard InChI is InChI=1S/C26H28N4O3S/c1-4-5-12-33-24-11-10-19-8-6-7-9-21(19)23(24)15-28-30-25(31)17-34-26-22(14-27)20(16-32-3)13-18(2)29-26/h6-11,13,15H,4-5,12,16-17H2,1-3H3,(H,30,31)/b28-15+. The molecule has 2 aromatic carbocycles. The number of hydrogen-bond donors (Lipinski definition) is 1. The van der Waals surface area contributed by atoms with Gasteiger partial charge >= 0.3 is 0 Å². The molecule has 0 aliphatic heterocycles. The lowest BCUT2D eigenvalue weighted by molar-refractivity contribution is -0.118. The number of aryl methyl sites for hydroxylation is 1. The van der Waals surface area contributed by atoms with Gasteiger partial charge in [-0.25, -0.2) is 10.4 Å². The molecule has 1 N–H and O–H groups in total. The van der Waals surface area contributed by atoms with Crippen molar-refractivity contribution in [1.29, 1.82) is 5.26 Å². The van der Waals surface area contributed by atoms with Crippen LogP contribution in [0.5, 0.6) is 5.75 Å². The van der Waals surface area contributed by atoms with Crippen molar-refractivity contribution in [1.82, 2.24) is 10.4 Å². The molecule has 0 fully saturated rings. The number of nitrogens with zero attached hydrogens (tertiary/aromatic N) is 3. The third kappa shape index (κ3) is 6.56. The highest BCUT2D eigenvalue weighted by Gasteiger charge is 2.14. The minimum atomic E-state index is -0.296. The second-order valence-corrected chi connectivity index (χ2v) is 8.59. The lowest BCUT2D eigenvalue weighted by Gasteiger charge is -2.11. The molecule has 0 aliphatic carbocycles. The van der Waals surface area contributed by atoms with Crippen LogP contribution in [0.2, 0.25) is 0 Å². The van der Waals surface area contributed by atoms with Crippen molar-refractivity contribution in [3.05, 3.63) is 64.8 Å². The summed E-state index contributed by atoms with van der Waals surface area (Å²) in [6, 6.07) is 15.9. The Kier molecular flexibility index (Phi) is 9.44. The quantitative estimate of drug-likeness (QED) is 0.181. The minimum Gasteiger partial charge on any atom is -0.493 e. The first-order chi connectivity index (χ1) is 16.6. The normalized spacial score (nSPS) is 11.0. The van der Waals surface area contributed by atoms with Crippen LogP contribution in [0.25, 0.3) is 10.8 Å². The van der Waals surface area contributed by atoms with E-state index < -0.39 is 0 Å². The lowest BCUT2D eigenvalue weighted by Crippen LogP contribution is -2.20. The van der Waals surface area contributed by atoms with Gasteiger partial charge in [-0.3, -0.25) is 4.79 Å². The number of carbonyl (C=O) groups is 1. The van der Waals surface area contributed by atoms with Crippen molar-refractivity contribution in [2.45, 2.75) is 38.3 Å². The molecular formula is C26H28N4O3S. The number of pyridine rings is 1. The molecule has 0 unspecified atom stereocenters. The van der Waals surface area contributed by atoms with Gasteiger partial charge in [0.25, 0.3) is 0 Å². The van der Waals surface area contributed by atoms with E-state index in [-0.39, 0.29) is 11.7 Å². The molecule has 1 amide bonds. The second kappa shape index (κ2) is 12.7. The van der Waals surface area contributed by atoms with Gasteiger partial charge in [0.1, 0.15) is 16.8 Å². The van der Waals surface area contributed by atoms with Crippen LogP contribution in [-0.2, 0) is 16.1 Å². The number of nitrogens with one attached hydrogen (secondary N) is 1. The molecule has 8 heteroatoms. The van der Waals surface area contributed by atoms with Crippen molar-refractivity contribution >= 4 is 34.7 Å². The smallest absolute Gasteiger partial charge is 0.250 e. The van der Waals surface area contributed by atoms with E-state index in [0.29, 0.717) is 23.8 Å². The number of unbranched alkanes of at least 4 members (excludes halogenated alkanes) is 1. The fraction of sp³-hybridized carbons (Fsp3) is 0.308. The first-order valence-corrected chi connectivity index (χ1v) is 12.0. The highest BCUT2D eigenvalue weighted by Crippen LogP contribution is 2.27. The van der Waals surface area contributed by atoms with Gasteiger partial charge in [0.2, 0.25) is 5.91 Å². The van der Waals surface area contributed by atoms with Crippen LogP contribution in [0, 0.1) is 18.3 Å². The largest absolute Gasteiger partial charge is 0.493 e. The van der Waals surface area contributed by atoms with E-state index in [2.05, 4.69) is 28.5 Å². The molecule has 0 saturated carbocycles. The summed E-state index contributed by atoms with van der Waals surface area (Å²) < 4.78 is 11.1. The predicted molar refractivity (Wildman–Crippen MR) is 135 cm³/mol. The molecule has 34 heavy (non-hydrogen) atoms. The number of nitriles is 1. The van der Waals surface area contributed by atoms with Gasteiger partial charge < -0.3 is 9.47 Å². The highest BCUT2D eigenvalue weighted by atomic mass is 32.2. The molecule has 7 nitrogen and oxygen atoms in total. The van der Waals surface area contributed by atoms with E-state index in [1.54, 1.807) is 13.3 Å². The van der Waals surface area contributed by atoms with Crippen LogP contribution >= 0.6 is 11.8 Å². The van der Waals surface area contributed by atoms with Gasteiger partial charge in [-0.05, 0) is 41.8 Å². The van der Waals surface area contributed by atoms with Gasteiger partial charge in [-0.15, -0.1) is 0 Å². The Morgan fingerprint density at radius 1 is 1.29 bits per heavy atom. The van der Waals surface area contributed by atoms with Gasteiger partial charge in [0, 0.05) is 18.4 Å². The molecular weight excluding hydrogens is 448 g/mol. The molecule has 3 rings (SSSR count). The van der Waals surface area contributed by atoms with Crippen LogP contribution in [0.1, 0.15) is 42.1 Å². The average molecular weight is 477 g/mol. The molecule has 0 bridgehead atoms. The summed E-state index contributed by atoms with van der Waals surface area (Å²) in [6.07, 6.45) is 3.62. The molecule has 0 spiro atoms. The Bertz CT molecular complexity index is 1220. The first-order valence-electron chi connectivity index (χ1n) is 11.1. The summed E-state index contributed by atoms with van der Waals surface area (Å²) in [5, 5.41) is 16.3. The van der Waals surface area contributed by atoms with Gasteiger partial charge in [0.15, 0.2) is 0 Å². The summed E-state index contributed by atoms with van der Waals surface area (Å²) >= 11 is 1.20. The average Bonchev–Trinajstić information content (AvgIpc) is 2.84. The number of methoxy groups -OCH3 is 1. The first kappa shape index (κ1) is 25.2. The third-order valence-corrected chi connectivity index (χ3v) is 5.99. The number of rotatable bonds is 11. The number of benzene rings is 2. The molecule has 1 aromatic heterocycles. The van der Waals surface area contributed by atoms with Gasteiger partial charge in [-0.1, -0.05) is 55.4 Å². The number of amides is 1. The SMILES string of the molecule is CCCCOc1ccc2ccccc2c1/C=N/NC(=O)CSc1nc(C)cc(COC)c1C#N. The Hall–Kier alpha value is -3.41. The monoisotopic (exact) mass is 476 g/mol. The fourth-order valence-corrected chi connectivity index (χ4v) is 4.26. The fourth-order valence-electron chi connectivity index (χ4n) is 3.40. The Labute approximate surface area is 204 Å². The summed E-state index contributed by atoms with van der Waals surface area (Å²) in [6.45, 7) is 4.89. The molecule has 0 atom stereocenters. The lowest BCUT2D eigenvalue weighted by atomic mass is 10.0. The summed E-state index contributed by atoms with van der Waals surface area (Å²) in [5.74, 6) is 0.507. The van der Waals surface area contributed by atoms with E-state index >= 15 is 0 Å². The highest BCUT2D eigenvalue weighted by molar-refractivity contribution is 8.00. The van der Waals surface area contributed by atoms with Gasteiger partial charge in [-0.2, -0.15) is 10.4 Å². The summed E-state index contributed by atoms with van der Waals surface area (Å²) in [4.78, 5) is 16.9. The van der Waals surface area contributed by atoms with Crippen molar-refractivity contribution in [2.75, 3.05) is 19.5 Å². The van der Waals surface area contributed by atoms with Crippen LogP contribution in [0.3, 0.4) is 0 Å². The number of thioether (sulfide) groups is 1. The Morgan fingerprint density at radius 2 is 2.12 bits per heavy atom. The summed E-state index contributed by atoms with van der Waals surface area (Å²) in [5.41, 5.74) is 5.34. The number of fused-ring (bicyclic) bond motifs is 1. The number of aromatic nitrogens is 1. The molecule has 1 heterocycles. The maximum atomic E-state index is 12.4. The van der Waals surface area contributed by atoms with Crippen LogP contribution in [-0.4, -0.2) is 36.6 Å². The molecule has 3 aromatic rings. The predicted octanol–water partition coefficient (Wildman–Crippen LogP) is 4.98. The molecule has 0 saturated heterocycles. The Morgan fingerprint density at radius 3 is 2.88 bits per heavy atom. The topological polar surface area (TPSA) is 96.6 Å². The van der Waals surface area contributed by atoms with Crippen molar-refractivity contribution in [3.8, 4) is 11.8 Å². The molecule has 176 valence electrons. The van der Waals surface area contributed by atoms with Crippen molar-refractivity contribution in [3.63, 3.8) is 0 Å². The van der Waals surface area contributed by atoms with E-state index in [4.69, 9.17) is 9.47 Å². The van der Waals surface area contributed by atoms with Crippen molar-refractivity contribution < 1.29 is 14.3 Å². The number of hydrazone groups is 1. The third-order valence-electron chi connectivity index (χ3n) is 5.02. The van der Waals surface area contributed by atoms with Crippen LogP contribution in [0.4, 0.5) is 0 Å². The zero-order chi connectivity index (χ0) is 24.3. The number of ether oxygens (including phenoxy) is 2. The van der Waals surface area contributed by atoms with Crippen LogP contribution < -0.4 is 10.2 Å². The maximum Gasteiger partial charge on any atom is 0.250 e. The van der Waals surface area contributed by atoms with Gasteiger partial charge in [0.05, 0.1) is 30.7 Å². The van der Waals surface area contributed by atoms with E-state index in [1.807, 2.05) is 49.4 Å². The molecule has 0 aliphatic rings. The van der Waals surface area contributed by atoms with E-state index in [1.165, 1.54) is 11.8 Å². The Balaban J connectivity index is 1.71. The van der Waals surface area contributed by atoms with Crippen molar-refractivity contribution in [2.24, 2.45) is 5.10 Å². The number of hydrogen-bond acceptors (Lipinski definition) is 7. The zero-order valence-electron chi connectivity index (χ0n) is 19.6. The second-order valence-electron chi connectivity index (χ2n) is 7.63. The van der Waals surface area contributed by atoms with E-state index in [9.17, 15) is 10.1 Å². The van der Waals surface area contributed by atoms with E-state index in [0.717, 1.165) is 46.2 Å².